The molecule has 0 bridgehead atoms. The lowest BCUT2D eigenvalue weighted by Crippen LogP contribution is -2.36. The number of halogens is 2. The second-order valence-corrected chi connectivity index (χ2v) is 8.05. The monoisotopic (exact) mass is 439 g/mol. The largest absolute Gasteiger partial charge is 0.337 e. The van der Waals surface area contributed by atoms with Crippen LogP contribution in [0.3, 0.4) is 0 Å². The van der Waals surface area contributed by atoms with Crippen LogP contribution < -0.4 is 5.32 Å². The Balaban J connectivity index is 1.80. The van der Waals surface area contributed by atoms with Crippen LogP contribution in [0.15, 0.2) is 36.7 Å². The minimum atomic E-state index is -0.637. The van der Waals surface area contributed by atoms with Crippen LogP contribution >= 0.6 is 11.6 Å². The fraction of sp³-hybridized carbons (Fsp3) is 0.273. The van der Waals surface area contributed by atoms with Gasteiger partial charge in [0.15, 0.2) is 5.82 Å². The first-order valence-electron chi connectivity index (χ1n) is 9.67. The number of hydrogen-bond donors (Lipinski definition) is 1. The third kappa shape index (κ3) is 4.02. The number of aromatic nitrogens is 2. The summed E-state index contributed by atoms with van der Waals surface area (Å²) >= 11 is 5.84. The molecule has 1 aliphatic rings. The van der Waals surface area contributed by atoms with E-state index in [0.717, 1.165) is 19.4 Å². The second-order valence-electron chi connectivity index (χ2n) is 7.64. The number of likely N-dealkylation sites (tertiary alicyclic amines) is 1. The average molecular weight is 440 g/mol. The van der Waals surface area contributed by atoms with Gasteiger partial charge in [-0.05, 0) is 51.6 Å². The fourth-order valence-electron chi connectivity index (χ4n) is 3.63. The first-order chi connectivity index (χ1) is 14.8. The van der Waals surface area contributed by atoms with Crippen molar-refractivity contribution >= 4 is 39.7 Å². The molecule has 9 heteroatoms. The summed E-state index contributed by atoms with van der Waals surface area (Å²) in [6.45, 7) is 2.97. The number of nitro groups is 1. The molecule has 0 radical (unpaired) electrons. The first-order valence-corrected chi connectivity index (χ1v) is 10.0. The van der Waals surface area contributed by atoms with Gasteiger partial charge in [0.05, 0.1) is 26.7 Å². The van der Waals surface area contributed by atoms with E-state index in [-0.39, 0.29) is 33.3 Å². The standard InChI is InChI=1S/C22H19ClFN5O2/c1-22(8-4-10-28(22)2)9-7-14-11-18-15(12-19(14)29(30)31)21(26-13-25-18)27-17-6-3-5-16(23)20(17)24/h3,5-6,11-13H,4,8,10H2,1-2H3,(H,25,26,27)/t22-/m1/s1. The molecule has 1 saturated heterocycles. The van der Waals surface area contributed by atoms with Gasteiger partial charge in [0.25, 0.3) is 5.69 Å². The van der Waals surface area contributed by atoms with Gasteiger partial charge in [0.1, 0.15) is 17.7 Å². The Kier molecular flexibility index (Phi) is 5.48. The van der Waals surface area contributed by atoms with E-state index in [9.17, 15) is 14.5 Å². The summed E-state index contributed by atoms with van der Waals surface area (Å²) in [5, 5.41) is 15.0. The molecule has 31 heavy (non-hydrogen) atoms. The van der Waals surface area contributed by atoms with Crippen molar-refractivity contribution in [2.24, 2.45) is 0 Å². The van der Waals surface area contributed by atoms with Crippen LogP contribution in [-0.2, 0) is 0 Å². The van der Waals surface area contributed by atoms with Crippen molar-refractivity contribution in [2.45, 2.75) is 25.3 Å². The normalized spacial score (nSPS) is 18.6. The molecule has 1 aliphatic heterocycles. The van der Waals surface area contributed by atoms with E-state index in [1.165, 1.54) is 24.5 Å². The lowest BCUT2D eigenvalue weighted by atomic mass is 9.99. The molecule has 0 spiro atoms. The summed E-state index contributed by atoms with van der Waals surface area (Å²) in [5.74, 6) is 5.79. The van der Waals surface area contributed by atoms with Crippen molar-refractivity contribution in [3.63, 3.8) is 0 Å². The average Bonchev–Trinajstić information content (AvgIpc) is 3.08. The molecular formula is C22H19ClFN5O2. The minimum absolute atomic E-state index is 0.0442. The van der Waals surface area contributed by atoms with Crippen molar-refractivity contribution in [3.8, 4) is 11.8 Å². The Bertz CT molecular complexity index is 1260. The number of hydrogen-bond acceptors (Lipinski definition) is 6. The van der Waals surface area contributed by atoms with E-state index >= 15 is 0 Å². The van der Waals surface area contributed by atoms with Gasteiger partial charge in [-0.2, -0.15) is 0 Å². The topological polar surface area (TPSA) is 84.2 Å². The highest BCUT2D eigenvalue weighted by Crippen LogP contribution is 2.32. The predicted molar refractivity (Wildman–Crippen MR) is 118 cm³/mol. The van der Waals surface area contributed by atoms with Crippen LogP contribution in [0.5, 0.6) is 0 Å². The highest BCUT2D eigenvalue weighted by atomic mass is 35.5. The lowest BCUT2D eigenvalue weighted by molar-refractivity contribution is -0.385. The van der Waals surface area contributed by atoms with Crippen molar-refractivity contribution in [2.75, 3.05) is 18.9 Å². The van der Waals surface area contributed by atoms with E-state index in [1.807, 2.05) is 14.0 Å². The summed E-state index contributed by atoms with van der Waals surface area (Å²) in [7, 11) is 2.00. The Labute approximate surface area is 183 Å². The van der Waals surface area contributed by atoms with Crippen molar-refractivity contribution < 1.29 is 9.31 Å². The van der Waals surface area contributed by atoms with Gasteiger partial charge < -0.3 is 5.32 Å². The van der Waals surface area contributed by atoms with Crippen LogP contribution in [0.25, 0.3) is 10.9 Å². The highest BCUT2D eigenvalue weighted by molar-refractivity contribution is 6.31. The zero-order chi connectivity index (χ0) is 22.2. The summed E-state index contributed by atoms with van der Waals surface area (Å²) in [6.07, 6.45) is 3.24. The zero-order valence-electron chi connectivity index (χ0n) is 16.9. The lowest BCUT2D eigenvalue weighted by Gasteiger charge is -2.26. The molecule has 1 fully saturated rings. The summed E-state index contributed by atoms with van der Waals surface area (Å²) in [4.78, 5) is 21.8. The summed E-state index contributed by atoms with van der Waals surface area (Å²) in [6, 6.07) is 7.46. The number of benzene rings is 2. The maximum absolute atomic E-state index is 14.3. The molecule has 0 aliphatic carbocycles. The first kappa shape index (κ1) is 21.0. The third-order valence-corrected chi connectivity index (χ3v) is 5.91. The number of nitrogens with zero attached hydrogens (tertiary/aromatic N) is 4. The molecule has 2 aromatic carbocycles. The van der Waals surface area contributed by atoms with Gasteiger partial charge in [-0.1, -0.05) is 29.5 Å². The van der Waals surface area contributed by atoms with E-state index < -0.39 is 10.7 Å². The molecule has 1 atom stereocenters. The fourth-order valence-corrected chi connectivity index (χ4v) is 3.80. The molecule has 158 valence electrons. The predicted octanol–water partition coefficient (Wildman–Crippen LogP) is 4.91. The Morgan fingerprint density at radius 2 is 2.16 bits per heavy atom. The van der Waals surface area contributed by atoms with E-state index in [1.54, 1.807) is 12.1 Å². The number of rotatable bonds is 3. The molecule has 0 saturated carbocycles. The molecule has 1 aromatic heterocycles. The van der Waals surface area contributed by atoms with Crippen LogP contribution in [0.4, 0.5) is 21.6 Å². The van der Waals surface area contributed by atoms with Crippen molar-refractivity contribution in [3.05, 3.63) is 63.2 Å². The van der Waals surface area contributed by atoms with Crippen LogP contribution in [0.2, 0.25) is 5.02 Å². The van der Waals surface area contributed by atoms with E-state index in [0.29, 0.717) is 10.9 Å². The maximum Gasteiger partial charge on any atom is 0.285 e. The molecule has 0 unspecified atom stereocenters. The van der Waals surface area contributed by atoms with E-state index in [4.69, 9.17) is 11.6 Å². The highest BCUT2D eigenvalue weighted by Gasteiger charge is 2.32. The molecule has 2 heterocycles. The molecule has 7 nitrogen and oxygen atoms in total. The van der Waals surface area contributed by atoms with Crippen LogP contribution in [0.1, 0.15) is 25.3 Å². The molecule has 4 rings (SSSR count). The molecular weight excluding hydrogens is 421 g/mol. The minimum Gasteiger partial charge on any atom is -0.337 e. The quantitative estimate of drug-likeness (QED) is 0.354. The SMILES string of the molecule is CN1CCC[C@]1(C)C#Cc1cc2ncnc(Nc3cccc(Cl)c3F)c2cc1[N+](=O)[O-]. The smallest absolute Gasteiger partial charge is 0.285 e. The second kappa shape index (κ2) is 8.10. The van der Waals surface area contributed by atoms with Gasteiger partial charge in [0.2, 0.25) is 0 Å². The number of fused-ring (bicyclic) bond motifs is 1. The molecule has 0 amide bonds. The van der Waals surface area contributed by atoms with Gasteiger partial charge >= 0.3 is 0 Å². The van der Waals surface area contributed by atoms with Crippen molar-refractivity contribution in [1.29, 1.82) is 0 Å². The summed E-state index contributed by atoms with van der Waals surface area (Å²) < 4.78 is 14.3. The molecule has 1 N–H and O–H groups in total. The number of nitrogens with one attached hydrogen (secondary N) is 1. The maximum atomic E-state index is 14.3. The van der Waals surface area contributed by atoms with E-state index in [2.05, 4.69) is 32.0 Å². The third-order valence-electron chi connectivity index (χ3n) is 5.62. The Morgan fingerprint density at radius 3 is 2.87 bits per heavy atom. The van der Waals surface area contributed by atoms with Gasteiger partial charge in [-0.15, -0.1) is 0 Å². The number of nitro benzene ring substituents is 1. The number of anilines is 2. The van der Waals surface area contributed by atoms with Gasteiger partial charge in [0, 0.05) is 11.5 Å². The Hall–Kier alpha value is -3.28. The van der Waals surface area contributed by atoms with Crippen LogP contribution in [-0.4, -0.2) is 38.9 Å². The molecule has 3 aromatic rings. The Morgan fingerprint density at radius 1 is 1.35 bits per heavy atom. The van der Waals surface area contributed by atoms with Crippen LogP contribution in [0, 0.1) is 27.8 Å². The van der Waals surface area contributed by atoms with Gasteiger partial charge in [-0.3, -0.25) is 15.0 Å². The van der Waals surface area contributed by atoms with Crippen molar-refractivity contribution in [1.82, 2.24) is 14.9 Å². The summed E-state index contributed by atoms with van der Waals surface area (Å²) in [5.41, 5.74) is 0.355. The zero-order valence-corrected chi connectivity index (χ0v) is 17.7. The van der Waals surface area contributed by atoms with Gasteiger partial charge in [-0.25, -0.2) is 14.4 Å².